The van der Waals surface area contributed by atoms with Gasteiger partial charge in [-0.05, 0) is 26.7 Å². The molecule has 0 aromatic heterocycles. The summed E-state index contributed by atoms with van der Waals surface area (Å²) >= 11 is 0. The molecule has 1 fully saturated rings. The second-order valence-corrected chi connectivity index (χ2v) is 4.35. The molecule has 0 aromatic rings. The molecule has 1 aliphatic carbocycles. The van der Waals surface area contributed by atoms with E-state index in [-0.39, 0.29) is 30.4 Å². The van der Waals surface area contributed by atoms with Gasteiger partial charge in [0.25, 0.3) is 0 Å². The average molecular weight is 228 g/mol. The number of amides is 1. The highest BCUT2D eigenvalue weighted by atomic mass is 16.5. The van der Waals surface area contributed by atoms with Crippen molar-refractivity contribution in [1.29, 1.82) is 0 Å². The van der Waals surface area contributed by atoms with Gasteiger partial charge in [0.1, 0.15) is 0 Å². The summed E-state index contributed by atoms with van der Waals surface area (Å²) in [5, 5.41) is 5.97. The maximum atomic E-state index is 11.6. The maximum Gasteiger partial charge on any atom is 0.307 e. The number of carbonyl (C=O) groups is 2. The lowest BCUT2D eigenvalue weighted by Crippen LogP contribution is -2.46. The normalized spacial score (nSPS) is 18.7. The molecule has 1 rings (SSSR count). The highest BCUT2D eigenvalue weighted by Gasteiger charge is 2.26. The van der Waals surface area contributed by atoms with E-state index in [1.807, 2.05) is 6.92 Å². The first-order valence-electron chi connectivity index (χ1n) is 5.66. The Labute approximate surface area is 95.9 Å². The fourth-order valence-corrected chi connectivity index (χ4v) is 1.45. The smallest absolute Gasteiger partial charge is 0.307 e. The van der Waals surface area contributed by atoms with E-state index in [4.69, 9.17) is 0 Å². The van der Waals surface area contributed by atoms with E-state index in [1.165, 1.54) is 7.11 Å². The topological polar surface area (TPSA) is 67.4 Å². The number of carbonyl (C=O) groups excluding carboxylic acids is 2. The van der Waals surface area contributed by atoms with Crippen LogP contribution in [0.1, 0.15) is 33.1 Å². The molecular formula is C11H20N2O3. The Kier molecular flexibility index (Phi) is 4.73. The Morgan fingerprint density at radius 1 is 1.38 bits per heavy atom. The minimum atomic E-state index is -0.278. The van der Waals surface area contributed by atoms with Crippen LogP contribution >= 0.6 is 0 Å². The molecule has 1 saturated carbocycles. The SMILES string of the molecule is COC(=O)CC(C)NC(C)C(=O)NC1CC1. The molecule has 0 spiro atoms. The summed E-state index contributed by atoms with van der Waals surface area (Å²) in [5.74, 6) is -0.269. The largest absolute Gasteiger partial charge is 0.469 e. The highest BCUT2D eigenvalue weighted by molar-refractivity contribution is 5.82. The van der Waals surface area contributed by atoms with Crippen LogP contribution in [0.4, 0.5) is 0 Å². The molecule has 2 unspecified atom stereocenters. The zero-order valence-electron chi connectivity index (χ0n) is 10.1. The van der Waals surface area contributed by atoms with Gasteiger partial charge >= 0.3 is 5.97 Å². The predicted octanol–water partition coefficient (Wildman–Crippen LogP) is 0.195. The van der Waals surface area contributed by atoms with Crippen molar-refractivity contribution in [2.75, 3.05) is 7.11 Å². The Balaban J connectivity index is 2.22. The van der Waals surface area contributed by atoms with Crippen molar-refractivity contribution < 1.29 is 14.3 Å². The van der Waals surface area contributed by atoms with Gasteiger partial charge in [-0.1, -0.05) is 0 Å². The van der Waals surface area contributed by atoms with Crippen LogP contribution in [0.15, 0.2) is 0 Å². The molecule has 5 heteroatoms. The molecule has 0 aromatic carbocycles. The number of hydrogen-bond acceptors (Lipinski definition) is 4. The quantitative estimate of drug-likeness (QED) is 0.637. The van der Waals surface area contributed by atoms with Crippen molar-refractivity contribution in [3.05, 3.63) is 0 Å². The molecule has 0 saturated heterocycles. The van der Waals surface area contributed by atoms with Crippen LogP contribution in [0.3, 0.4) is 0 Å². The second-order valence-electron chi connectivity index (χ2n) is 4.35. The molecule has 5 nitrogen and oxygen atoms in total. The first-order chi connectivity index (χ1) is 7.52. The Bertz CT molecular complexity index is 264. The van der Waals surface area contributed by atoms with Gasteiger partial charge in [0.2, 0.25) is 5.91 Å². The predicted molar refractivity (Wildman–Crippen MR) is 59.9 cm³/mol. The van der Waals surface area contributed by atoms with Crippen molar-refractivity contribution in [3.63, 3.8) is 0 Å². The van der Waals surface area contributed by atoms with Gasteiger partial charge in [-0.25, -0.2) is 0 Å². The lowest BCUT2D eigenvalue weighted by atomic mass is 10.2. The number of nitrogens with one attached hydrogen (secondary N) is 2. The summed E-state index contributed by atoms with van der Waals surface area (Å²) in [6.07, 6.45) is 2.43. The minimum absolute atomic E-state index is 0.000726. The molecule has 92 valence electrons. The molecule has 16 heavy (non-hydrogen) atoms. The van der Waals surface area contributed by atoms with Crippen LogP contribution < -0.4 is 10.6 Å². The summed E-state index contributed by atoms with van der Waals surface area (Å²) in [4.78, 5) is 22.6. The van der Waals surface area contributed by atoms with Crippen LogP contribution in [-0.2, 0) is 14.3 Å². The third kappa shape index (κ3) is 4.61. The number of esters is 1. The molecule has 0 radical (unpaired) electrons. The van der Waals surface area contributed by atoms with Gasteiger partial charge in [-0.15, -0.1) is 0 Å². The fraction of sp³-hybridized carbons (Fsp3) is 0.818. The summed E-state index contributed by atoms with van der Waals surface area (Å²) in [6.45, 7) is 3.66. The van der Waals surface area contributed by atoms with Crippen molar-refractivity contribution in [2.45, 2.75) is 51.2 Å². The van der Waals surface area contributed by atoms with Gasteiger partial charge < -0.3 is 15.4 Å². The summed E-state index contributed by atoms with van der Waals surface area (Å²) in [7, 11) is 1.36. The molecule has 0 aliphatic heterocycles. The number of ether oxygens (including phenoxy) is 1. The monoisotopic (exact) mass is 228 g/mol. The number of hydrogen-bond donors (Lipinski definition) is 2. The molecular weight excluding hydrogens is 208 g/mol. The highest BCUT2D eigenvalue weighted by Crippen LogP contribution is 2.18. The van der Waals surface area contributed by atoms with Crippen molar-refractivity contribution in [3.8, 4) is 0 Å². The first kappa shape index (κ1) is 13.0. The Morgan fingerprint density at radius 3 is 2.50 bits per heavy atom. The molecule has 0 bridgehead atoms. The minimum Gasteiger partial charge on any atom is -0.469 e. The fourth-order valence-electron chi connectivity index (χ4n) is 1.45. The zero-order chi connectivity index (χ0) is 12.1. The summed E-state index contributed by atoms with van der Waals surface area (Å²) < 4.78 is 4.56. The van der Waals surface area contributed by atoms with Crippen LogP contribution in [0.2, 0.25) is 0 Å². The van der Waals surface area contributed by atoms with E-state index >= 15 is 0 Å². The van der Waals surface area contributed by atoms with Crippen LogP contribution in [-0.4, -0.2) is 37.1 Å². The summed E-state index contributed by atoms with van der Waals surface area (Å²) in [6, 6.07) is 0.0281. The standard InChI is InChI=1S/C11H20N2O3/c1-7(6-10(14)16-3)12-8(2)11(15)13-9-4-5-9/h7-9,12H,4-6H2,1-3H3,(H,13,15). The van der Waals surface area contributed by atoms with Gasteiger partial charge in [-0.3, -0.25) is 9.59 Å². The number of methoxy groups -OCH3 is 1. The average Bonchev–Trinajstić information content (AvgIpc) is 3.01. The van der Waals surface area contributed by atoms with E-state index in [0.717, 1.165) is 12.8 Å². The van der Waals surface area contributed by atoms with Gasteiger partial charge in [-0.2, -0.15) is 0 Å². The van der Waals surface area contributed by atoms with Crippen molar-refractivity contribution in [1.82, 2.24) is 10.6 Å². The Hall–Kier alpha value is -1.10. The molecule has 1 amide bonds. The van der Waals surface area contributed by atoms with E-state index in [9.17, 15) is 9.59 Å². The van der Waals surface area contributed by atoms with E-state index in [1.54, 1.807) is 6.92 Å². The van der Waals surface area contributed by atoms with Crippen molar-refractivity contribution in [2.24, 2.45) is 0 Å². The van der Waals surface area contributed by atoms with E-state index in [2.05, 4.69) is 15.4 Å². The van der Waals surface area contributed by atoms with Crippen LogP contribution in [0, 0.1) is 0 Å². The van der Waals surface area contributed by atoms with Gasteiger partial charge in [0.15, 0.2) is 0 Å². The van der Waals surface area contributed by atoms with Crippen LogP contribution in [0.25, 0.3) is 0 Å². The summed E-state index contributed by atoms with van der Waals surface area (Å²) in [5.41, 5.74) is 0. The van der Waals surface area contributed by atoms with Gasteiger partial charge in [0.05, 0.1) is 19.6 Å². The first-order valence-corrected chi connectivity index (χ1v) is 5.66. The molecule has 1 aliphatic rings. The lowest BCUT2D eigenvalue weighted by Gasteiger charge is -2.18. The third-order valence-corrected chi connectivity index (χ3v) is 2.55. The second kappa shape index (κ2) is 5.84. The molecule has 0 heterocycles. The van der Waals surface area contributed by atoms with Crippen molar-refractivity contribution >= 4 is 11.9 Å². The van der Waals surface area contributed by atoms with E-state index in [0.29, 0.717) is 6.04 Å². The zero-order valence-corrected chi connectivity index (χ0v) is 10.1. The lowest BCUT2D eigenvalue weighted by molar-refractivity contribution is -0.141. The van der Waals surface area contributed by atoms with E-state index < -0.39 is 0 Å². The number of rotatable bonds is 6. The van der Waals surface area contributed by atoms with Crippen LogP contribution in [0.5, 0.6) is 0 Å². The third-order valence-electron chi connectivity index (χ3n) is 2.55. The molecule has 2 N–H and O–H groups in total. The molecule has 2 atom stereocenters. The Morgan fingerprint density at radius 2 is 2.00 bits per heavy atom. The maximum absolute atomic E-state index is 11.6. The van der Waals surface area contributed by atoms with Gasteiger partial charge in [0, 0.05) is 12.1 Å².